The highest BCUT2D eigenvalue weighted by atomic mass is 16.6. The molecule has 2 rings (SSSR count). The van der Waals surface area contributed by atoms with Crippen molar-refractivity contribution in [2.75, 3.05) is 20.1 Å². The van der Waals surface area contributed by atoms with Crippen molar-refractivity contribution in [3.8, 4) is 0 Å². The van der Waals surface area contributed by atoms with Crippen LogP contribution in [0.2, 0.25) is 0 Å². The molecule has 1 heterocycles. The van der Waals surface area contributed by atoms with Crippen LogP contribution >= 0.6 is 0 Å². The number of carbonyl (C=O) groups excluding carboxylic acids is 2. The molecule has 0 radical (unpaired) electrons. The first kappa shape index (κ1) is 14.3. The topological polar surface area (TPSA) is 55.8 Å². The van der Waals surface area contributed by atoms with E-state index in [1.807, 2.05) is 36.4 Å². The fourth-order valence-corrected chi connectivity index (χ4v) is 1.90. The van der Waals surface area contributed by atoms with E-state index in [0.717, 1.165) is 5.56 Å². The standard InChI is InChI=1S/C14H16BNO4/c1-11(8-12-6-4-3-5-7-12)15-19-13(17)9-16(2)10-14(18)20-15/h3-8H,9-10H2,1-2H3/b11-8+. The Balaban J connectivity index is 2.15. The Morgan fingerprint density at radius 1 is 1.15 bits per heavy atom. The second kappa shape index (κ2) is 6.39. The molecule has 0 aliphatic carbocycles. The zero-order valence-electron chi connectivity index (χ0n) is 11.5. The molecule has 5 nitrogen and oxygen atoms in total. The van der Waals surface area contributed by atoms with E-state index in [2.05, 4.69) is 0 Å². The summed E-state index contributed by atoms with van der Waals surface area (Å²) in [6.07, 6.45) is 1.83. The molecule has 1 aromatic carbocycles. The van der Waals surface area contributed by atoms with Gasteiger partial charge in [0, 0.05) is 0 Å². The Kier molecular flexibility index (Phi) is 4.58. The molecule has 0 unspecified atom stereocenters. The average Bonchev–Trinajstić information content (AvgIpc) is 2.37. The maximum absolute atomic E-state index is 11.6. The molecule has 0 bridgehead atoms. The van der Waals surface area contributed by atoms with Crippen LogP contribution in [0.5, 0.6) is 0 Å². The normalized spacial score (nSPS) is 18.1. The quantitative estimate of drug-likeness (QED) is 0.756. The second-order valence-electron chi connectivity index (χ2n) is 4.78. The van der Waals surface area contributed by atoms with Crippen molar-refractivity contribution in [1.29, 1.82) is 0 Å². The molecule has 0 atom stereocenters. The van der Waals surface area contributed by atoms with Gasteiger partial charge in [-0.15, -0.1) is 0 Å². The van der Waals surface area contributed by atoms with Gasteiger partial charge >= 0.3 is 19.1 Å². The summed E-state index contributed by atoms with van der Waals surface area (Å²) in [5, 5.41) is 0. The van der Waals surface area contributed by atoms with Gasteiger partial charge in [-0.05, 0) is 25.0 Å². The third-order valence-corrected chi connectivity index (χ3v) is 2.84. The Morgan fingerprint density at radius 2 is 1.70 bits per heavy atom. The lowest BCUT2D eigenvalue weighted by atomic mass is 9.78. The summed E-state index contributed by atoms with van der Waals surface area (Å²) < 4.78 is 10.3. The molecule has 1 aromatic rings. The highest BCUT2D eigenvalue weighted by molar-refractivity contribution is 6.58. The zero-order valence-corrected chi connectivity index (χ0v) is 11.5. The van der Waals surface area contributed by atoms with Crippen LogP contribution in [0.25, 0.3) is 6.08 Å². The van der Waals surface area contributed by atoms with Crippen LogP contribution in [0.15, 0.2) is 35.8 Å². The van der Waals surface area contributed by atoms with Crippen LogP contribution in [0.1, 0.15) is 12.5 Å². The predicted molar refractivity (Wildman–Crippen MR) is 75.5 cm³/mol. The molecule has 0 N–H and O–H groups in total. The summed E-state index contributed by atoms with van der Waals surface area (Å²) in [6, 6.07) is 9.57. The van der Waals surface area contributed by atoms with Gasteiger partial charge in [0.25, 0.3) is 0 Å². The van der Waals surface area contributed by atoms with Crippen molar-refractivity contribution < 1.29 is 18.9 Å². The molecule has 0 amide bonds. The van der Waals surface area contributed by atoms with E-state index in [1.165, 1.54) is 0 Å². The molecular formula is C14H16BNO4. The maximum Gasteiger partial charge on any atom is 0.631 e. The third kappa shape index (κ3) is 3.96. The van der Waals surface area contributed by atoms with E-state index in [-0.39, 0.29) is 13.1 Å². The highest BCUT2D eigenvalue weighted by Gasteiger charge is 2.33. The van der Waals surface area contributed by atoms with Gasteiger partial charge in [-0.1, -0.05) is 36.4 Å². The summed E-state index contributed by atoms with van der Waals surface area (Å²) in [6.45, 7) is 1.91. The molecule has 1 fully saturated rings. The van der Waals surface area contributed by atoms with E-state index < -0.39 is 19.1 Å². The van der Waals surface area contributed by atoms with Gasteiger partial charge in [0.05, 0.1) is 13.1 Å². The van der Waals surface area contributed by atoms with E-state index >= 15 is 0 Å². The van der Waals surface area contributed by atoms with E-state index in [1.54, 1.807) is 18.9 Å². The van der Waals surface area contributed by atoms with E-state index in [0.29, 0.717) is 5.47 Å². The number of hydrogen-bond acceptors (Lipinski definition) is 5. The lowest BCUT2D eigenvalue weighted by Crippen LogP contribution is -2.43. The lowest BCUT2D eigenvalue weighted by Gasteiger charge is -2.22. The highest BCUT2D eigenvalue weighted by Crippen LogP contribution is 2.12. The van der Waals surface area contributed by atoms with Crippen molar-refractivity contribution in [2.45, 2.75) is 6.92 Å². The molecule has 6 heteroatoms. The van der Waals surface area contributed by atoms with E-state index in [4.69, 9.17) is 9.31 Å². The van der Waals surface area contributed by atoms with Gasteiger partial charge in [0.2, 0.25) is 0 Å². The summed E-state index contributed by atoms with van der Waals surface area (Å²) in [5.74, 6) is -0.823. The zero-order chi connectivity index (χ0) is 14.5. The molecule has 0 saturated carbocycles. The first-order valence-electron chi connectivity index (χ1n) is 6.35. The Hall–Kier alpha value is -2.08. The molecule has 20 heavy (non-hydrogen) atoms. The molecule has 1 saturated heterocycles. The average molecular weight is 273 g/mol. The van der Waals surface area contributed by atoms with Crippen molar-refractivity contribution in [3.63, 3.8) is 0 Å². The van der Waals surface area contributed by atoms with Crippen LogP contribution < -0.4 is 0 Å². The van der Waals surface area contributed by atoms with Crippen LogP contribution in [-0.2, 0) is 18.9 Å². The van der Waals surface area contributed by atoms with Crippen molar-refractivity contribution in [1.82, 2.24) is 4.90 Å². The second-order valence-corrected chi connectivity index (χ2v) is 4.78. The number of carbonyl (C=O) groups is 2. The van der Waals surface area contributed by atoms with E-state index in [9.17, 15) is 9.59 Å². The molecule has 1 aliphatic rings. The number of likely N-dealkylation sites (N-methyl/N-ethyl adjacent to an activating group) is 1. The van der Waals surface area contributed by atoms with Crippen molar-refractivity contribution in [3.05, 3.63) is 41.4 Å². The smallest absolute Gasteiger partial charge is 0.495 e. The predicted octanol–water partition coefficient (Wildman–Crippen LogP) is 1.15. The minimum Gasteiger partial charge on any atom is -0.495 e. The Labute approximate surface area is 118 Å². The monoisotopic (exact) mass is 273 g/mol. The van der Waals surface area contributed by atoms with Crippen LogP contribution in [0.4, 0.5) is 0 Å². The van der Waals surface area contributed by atoms with Crippen LogP contribution in [0.3, 0.4) is 0 Å². The van der Waals surface area contributed by atoms with Gasteiger partial charge < -0.3 is 9.31 Å². The number of benzene rings is 1. The molecular weight excluding hydrogens is 257 g/mol. The molecule has 0 spiro atoms. The fraction of sp³-hybridized carbons (Fsp3) is 0.286. The molecule has 0 aromatic heterocycles. The van der Waals surface area contributed by atoms with Gasteiger partial charge in [-0.3, -0.25) is 14.5 Å². The lowest BCUT2D eigenvalue weighted by molar-refractivity contribution is -0.145. The largest absolute Gasteiger partial charge is 0.631 e. The Morgan fingerprint density at radius 3 is 2.25 bits per heavy atom. The van der Waals surface area contributed by atoms with Crippen LogP contribution in [0, 0.1) is 0 Å². The summed E-state index contributed by atoms with van der Waals surface area (Å²) in [4.78, 5) is 24.8. The van der Waals surface area contributed by atoms with Gasteiger partial charge in [0.1, 0.15) is 0 Å². The first-order chi connectivity index (χ1) is 9.54. The summed E-state index contributed by atoms with van der Waals surface area (Å²) in [5.41, 5.74) is 1.62. The SMILES string of the molecule is C/C(=C\c1ccccc1)B1OC(=O)CN(C)CC(=O)O1. The number of hydrogen-bond donors (Lipinski definition) is 0. The van der Waals surface area contributed by atoms with Crippen LogP contribution in [-0.4, -0.2) is 44.1 Å². The summed E-state index contributed by atoms with van der Waals surface area (Å²) in [7, 11) is 0.707. The number of allylic oxidation sites excluding steroid dienone is 1. The van der Waals surface area contributed by atoms with Gasteiger partial charge in [0.15, 0.2) is 0 Å². The first-order valence-corrected chi connectivity index (χ1v) is 6.35. The fourth-order valence-electron chi connectivity index (χ4n) is 1.90. The third-order valence-electron chi connectivity index (χ3n) is 2.84. The summed E-state index contributed by atoms with van der Waals surface area (Å²) >= 11 is 0. The number of nitrogens with zero attached hydrogens (tertiary/aromatic N) is 1. The van der Waals surface area contributed by atoms with Crippen molar-refractivity contribution >= 4 is 25.1 Å². The minimum absolute atomic E-state index is 0.0736. The van der Waals surface area contributed by atoms with Crippen molar-refractivity contribution in [2.24, 2.45) is 0 Å². The maximum atomic E-state index is 11.6. The molecule has 104 valence electrons. The Bertz CT molecular complexity index is 509. The van der Waals surface area contributed by atoms with Gasteiger partial charge in [-0.25, -0.2) is 0 Å². The molecule has 1 aliphatic heterocycles. The minimum atomic E-state index is -0.955. The van der Waals surface area contributed by atoms with Gasteiger partial charge in [-0.2, -0.15) is 0 Å². The number of rotatable bonds is 2.